The van der Waals surface area contributed by atoms with Gasteiger partial charge in [-0.1, -0.05) is 0 Å². The highest BCUT2D eigenvalue weighted by Gasteiger charge is 2.49. The Balaban J connectivity index is 2.87. The lowest BCUT2D eigenvalue weighted by Gasteiger charge is -2.35. The second-order valence-electron chi connectivity index (χ2n) is 6.80. The Kier molecular flexibility index (Phi) is 5.25. The van der Waals surface area contributed by atoms with Crippen molar-refractivity contribution in [2.24, 2.45) is 0 Å². The molecule has 0 aliphatic carbocycles. The van der Waals surface area contributed by atoms with Crippen LogP contribution in [0.5, 0.6) is 0 Å². The van der Waals surface area contributed by atoms with Gasteiger partial charge in [0.1, 0.15) is 11.3 Å². The van der Waals surface area contributed by atoms with E-state index in [9.17, 15) is 9.59 Å². The van der Waals surface area contributed by atoms with Crippen LogP contribution in [-0.2, 0) is 19.0 Å². The van der Waals surface area contributed by atoms with E-state index in [4.69, 9.17) is 9.47 Å². The Labute approximate surface area is 126 Å². The molecule has 1 fully saturated rings. The van der Waals surface area contributed by atoms with Gasteiger partial charge in [-0.25, -0.2) is 4.79 Å². The van der Waals surface area contributed by atoms with Crippen molar-refractivity contribution in [1.29, 1.82) is 0 Å². The average Bonchev–Trinajstić information content (AvgIpc) is 2.52. The monoisotopic (exact) mass is 301 g/mol. The fourth-order valence-electron chi connectivity index (χ4n) is 2.60. The maximum atomic E-state index is 12.5. The number of esters is 1. The van der Waals surface area contributed by atoms with Crippen molar-refractivity contribution in [3.8, 4) is 0 Å². The van der Waals surface area contributed by atoms with E-state index in [1.807, 2.05) is 41.5 Å². The summed E-state index contributed by atoms with van der Waals surface area (Å²) in [7, 11) is 1.35. The Bertz CT molecular complexity index is 399. The highest BCUT2D eigenvalue weighted by Crippen LogP contribution is 2.35. The van der Waals surface area contributed by atoms with Gasteiger partial charge in [0.25, 0.3) is 0 Å². The van der Waals surface area contributed by atoms with Gasteiger partial charge in [-0.05, 0) is 48.0 Å². The zero-order valence-electron chi connectivity index (χ0n) is 14.1. The van der Waals surface area contributed by atoms with Gasteiger partial charge >= 0.3 is 12.1 Å². The molecular weight excluding hydrogens is 274 g/mol. The van der Waals surface area contributed by atoms with E-state index in [0.717, 1.165) is 0 Å². The van der Waals surface area contributed by atoms with Crippen LogP contribution < -0.4 is 0 Å². The molecule has 122 valence electrons. The molecule has 0 unspecified atom stereocenters. The SMILES string of the molecule is COC(=O)CC[C@@H]1[C@@H](C)OC(C)(C)N1C(=O)OC(C)(C)C. The first kappa shape index (κ1) is 17.8. The number of nitrogens with zero attached hydrogens (tertiary/aromatic N) is 1. The quantitative estimate of drug-likeness (QED) is 0.750. The molecule has 1 saturated heterocycles. The minimum atomic E-state index is -0.761. The minimum absolute atomic E-state index is 0.169. The van der Waals surface area contributed by atoms with Crippen LogP contribution in [0.4, 0.5) is 4.79 Å². The van der Waals surface area contributed by atoms with Crippen molar-refractivity contribution in [3.63, 3.8) is 0 Å². The van der Waals surface area contributed by atoms with Gasteiger partial charge in [-0.3, -0.25) is 9.69 Å². The number of hydrogen-bond donors (Lipinski definition) is 0. The van der Waals surface area contributed by atoms with Crippen LogP contribution in [0.3, 0.4) is 0 Å². The molecule has 6 heteroatoms. The Morgan fingerprint density at radius 3 is 2.33 bits per heavy atom. The third-order valence-corrected chi connectivity index (χ3v) is 3.39. The van der Waals surface area contributed by atoms with Crippen LogP contribution in [-0.4, -0.2) is 47.5 Å². The molecule has 6 nitrogen and oxygen atoms in total. The molecule has 21 heavy (non-hydrogen) atoms. The van der Waals surface area contributed by atoms with Crippen LogP contribution in [0.25, 0.3) is 0 Å². The van der Waals surface area contributed by atoms with Crippen molar-refractivity contribution < 1.29 is 23.8 Å². The summed E-state index contributed by atoms with van der Waals surface area (Å²) in [6.07, 6.45) is 0.129. The van der Waals surface area contributed by atoms with Gasteiger partial charge in [0.2, 0.25) is 0 Å². The van der Waals surface area contributed by atoms with E-state index in [1.54, 1.807) is 4.90 Å². The van der Waals surface area contributed by atoms with Gasteiger partial charge in [0, 0.05) is 6.42 Å². The number of carbonyl (C=O) groups excluding carboxylic acids is 2. The average molecular weight is 301 g/mol. The topological polar surface area (TPSA) is 65.1 Å². The fraction of sp³-hybridized carbons (Fsp3) is 0.867. The summed E-state index contributed by atoms with van der Waals surface area (Å²) in [6.45, 7) is 11.0. The van der Waals surface area contributed by atoms with Gasteiger partial charge in [-0.2, -0.15) is 0 Å². The zero-order chi connectivity index (χ0) is 16.4. The number of carbonyl (C=O) groups is 2. The molecule has 1 rings (SSSR count). The van der Waals surface area contributed by atoms with E-state index in [1.165, 1.54) is 7.11 Å². The van der Waals surface area contributed by atoms with Gasteiger partial charge in [0.15, 0.2) is 0 Å². The maximum absolute atomic E-state index is 12.5. The summed E-state index contributed by atoms with van der Waals surface area (Å²) < 4.78 is 16.0. The highest BCUT2D eigenvalue weighted by atomic mass is 16.6. The van der Waals surface area contributed by atoms with Crippen LogP contribution in [0.2, 0.25) is 0 Å². The largest absolute Gasteiger partial charge is 0.469 e. The van der Waals surface area contributed by atoms with Crippen molar-refractivity contribution in [2.75, 3.05) is 7.11 Å². The summed E-state index contributed by atoms with van der Waals surface area (Å²) in [4.78, 5) is 25.4. The van der Waals surface area contributed by atoms with Gasteiger partial charge < -0.3 is 14.2 Å². The van der Waals surface area contributed by atoms with Crippen LogP contribution in [0.1, 0.15) is 54.4 Å². The van der Waals surface area contributed by atoms with E-state index in [-0.39, 0.29) is 24.5 Å². The number of methoxy groups -OCH3 is 1. The zero-order valence-corrected chi connectivity index (χ0v) is 14.1. The normalized spacial score (nSPS) is 24.8. The predicted molar refractivity (Wildman–Crippen MR) is 77.7 cm³/mol. The lowest BCUT2D eigenvalue weighted by atomic mass is 10.1. The Morgan fingerprint density at radius 2 is 1.86 bits per heavy atom. The summed E-state index contributed by atoms with van der Waals surface area (Å²) in [5.41, 5.74) is -1.34. The molecular formula is C15H27NO5. The number of ether oxygens (including phenoxy) is 3. The molecule has 2 atom stereocenters. The first-order valence-electron chi connectivity index (χ1n) is 7.25. The van der Waals surface area contributed by atoms with E-state index >= 15 is 0 Å². The number of rotatable bonds is 3. The smallest absolute Gasteiger partial charge is 0.412 e. The standard InChI is InChI=1S/C15H27NO5/c1-10-11(8-9-12(17)19-7)16(15(5,6)20-10)13(18)21-14(2,3)4/h10-11H,8-9H2,1-7H3/t10-,11-/m1/s1. The fourth-order valence-corrected chi connectivity index (χ4v) is 2.60. The molecule has 0 bridgehead atoms. The van der Waals surface area contributed by atoms with Crippen molar-refractivity contribution in [1.82, 2.24) is 4.90 Å². The predicted octanol–water partition coefficient (Wildman–Crippen LogP) is 2.70. The van der Waals surface area contributed by atoms with E-state index in [2.05, 4.69) is 4.74 Å². The van der Waals surface area contributed by atoms with E-state index < -0.39 is 17.4 Å². The van der Waals surface area contributed by atoms with Crippen molar-refractivity contribution in [3.05, 3.63) is 0 Å². The third-order valence-electron chi connectivity index (χ3n) is 3.39. The van der Waals surface area contributed by atoms with Gasteiger partial charge in [0.05, 0.1) is 19.3 Å². The van der Waals surface area contributed by atoms with Crippen LogP contribution in [0.15, 0.2) is 0 Å². The molecule has 0 spiro atoms. The lowest BCUT2D eigenvalue weighted by molar-refractivity contribution is -0.141. The van der Waals surface area contributed by atoms with Crippen molar-refractivity contribution in [2.45, 2.75) is 77.9 Å². The summed E-state index contributed by atoms with van der Waals surface area (Å²) >= 11 is 0. The summed E-state index contributed by atoms with van der Waals surface area (Å²) in [5, 5.41) is 0. The molecule has 1 aliphatic heterocycles. The molecule has 0 N–H and O–H groups in total. The van der Waals surface area contributed by atoms with Gasteiger partial charge in [-0.15, -0.1) is 0 Å². The Morgan fingerprint density at radius 1 is 1.29 bits per heavy atom. The minimum Gasteiger partial charge on any atom is -0.469 e. The maximum Gasteiger partial charge on any atom is 0.412 e. The Hall–Kier alpha value is -1.30. The van der Waals surface area contributed by atoms with Crippen LogP contribution in [0, 0.1) is 0 Å². The summed E-state index contributed by atoms with van der Waals surface area (Å²) in [6, 6.07) is -0.214. The molecule has 1 amide bonds. The first-order chi connectivity index (χ1) is 9.48. The molecule has 1 aliphatic rings. The highest BCUT2D eigenvalue weighted by molar-refractivity contribution is 5.71. The molecule has 0 aromatic rings. The number of amides is 1. The molecule has 0 saturated carbocycles. The first-order valence-corrected chi connectivity index (χ1v) is 7.25. The second-order valence-corrected chi connectivity index (χ2v) is 6.80. The lowest BCUT2D eigenvalue weighted by Crippen LogP contribution is -2.50. The number of hydrogen-bond acceptors (Lipinski definition) is 5. The molecule has 0 radical (unpaired) electrons. The molecule has 0 aromatic carbocycles. The third kappa shape index (κ3) is 4.59. The van der Waals surface area contributed by atoms with Crippen molar-refractivity contribution >= 4 is 12.1 Å². The molecule has 1 heterocycles. The second kappa shape index (κ2) is 6.22. The molecule has 0 aromatic heterocycles. The van der Waals surface area contributed by atoms with Crippen LogP contribution >= 0.6 is 0 Å². The summed E-state index contributed by atoms with van der Waals surface area (Å²) in [5.74, 6) is -0.295. The van der Waals surface area contributed by atoms with E-state index in [0.29, 0.717) is 6.42 Å².